The summed E-state index contributed by atoms with van der Waals surface area (Å²) < 4.78 is 4.60. The second-order valence-electron chi connectivity index (χ2n) is 3.83. The summed E-state index contributed by atoms with van der Waals surface area (Å²) >= 11 is 1.44. The fourth-order valence-corrected chi connectivity index (χ4v) is 1.79. The topological polar surface area (TPSA) is 26.3 Å². The molecule has 3 heteroatoms. The van der Waals surface area contributed by atoms with Gasteiger partial charge in [-0.15, -0.1) is 11.3 Å². The molecule has 0 aliphatic heterocycles. The van der Waals surface area contributed by atoms with E-state index in [4.69, 9.17) is 0 Å². The Morgan fingerprint density at radius 3 is 2.54 bits per heavy atom. The number of ether oxygens (including phenoxy) is 1. The van der Waals surface area contributed by atoms with Crippen LogP contribution < -0.4 is 0 Å². The Morgan fingerprint density at radius 2 is 2.15 bits per heavy atom. The summed E-state index contributed by atoms with van der Waals surface area (Å²) in [5.41, 5.74) is 0.0768. The van der Waals surface area contributed by atoms with Crippen molar-refractivity contribution in [2.45, 2.75) is 26.2 Å². The molecule has 0 N–H and O–H groups in total. The summed E-state index contributed by atoms with van der Waals surface area (Å²) in [7, 11) is 1.38. The van der Waals surface area contributed by atoms with Crippen LogP contribution in [0.4, 0.5) is 0 Å². The molecule has 0 fully saturated rings. The average Bonchev–Trinajstić information content (AvgIpc) is 2.50. The maximum atomic E-state index is 11.1. The van der Waals surface area contributed by atoms with Crippen molar-refractivity contribution in [1.29, 1.82) is 0 Å². The van der Waals surface area contributed by atoms with Crippen LogP contribution in [0.25, 0.3) is 0 Å². The third kappa shape index (κ3) is 2.31. The molecule has 13 heavy (non-hydrogen) atoms. The lowest BCUT2D eigenvalue weighted by Gasteiger charge is -2.14. The number of rotatable bonds is 1. The highest BCUT2D eigenvalue weighted by molar-refractivity contribution is 7.14. The van der Waals surface area contributed by atoms with Crippen molar-refractivity contribution in [3.8, 4) is 0 Å². The normalized spacial score (nSPS) is 11.4. The summed E-state index contributed by atoms with van der Waals surface area (Å²) in [5.74, 6) is -0.305. The van der Waals surface area contributed by atoms with Crippen LogP contribution in [0.15, 0.2) is 6.07 Å². The molecule has 2 nitrogen and oxygen atoms in total. The largest absolute Gasteiger partial charge is 0.465 e. The SMILES string of the molecule is COC(=O)c1[c]cc(C(C)(C)C)s1. The molecular weight excluding hydrogens is 184 g/mol. The standard InChI is InChI=1S/C10H13O2S/c1-10(2,3)8-6-5-7(13-8)9(11)12-4/h6H,1-4H3. The predicted molar refractivity (Wildman–Crippen MR) is 53.2 cm³/mol. The number of methoxy groups -OCH3 is 1. The van der Waals surface area contributed by atoms with Gasteiger partial charge in [0.25, 0.3) is 0 Å². The third-order valence-corrected chi connectivity index (χ3v) is 3.10. The van der Waals surface area contributed by atoms with Crippen molar-refractivity contribution in [3.05, 3.63) is 21.9 Å². The van der Waals surface area contributed by atoms with Gasteiger partial charge in [0.05, 0.1) is 7.11 Å². The summed E-state index contributed by atoms with van der Waals surface area (Å²) in [6.07, 6.45) is 0. The lowest BCUT2D eigenvalue weighted by molar-refractivity contribution is 0.0606. The molecule has 0 amide bonds. The van der Waals surface area contributed by atoms with Crippen LogP contribution in [0.1, 0.15) is 35.3 Å². The summed E-state index contributed by atoms with van der Waals surface area (Å²) in [5, 5.41) is 0. The van der Waals surface area contributed by atoms with Gasteiger partial charge in [-0.25, -0.2) is 4.79 Å². The number of carbonyl (C=O) groups is 1. The van der Waals surface area contributed by atoms with E-state index in [1.54, 1.807) is 0 Å². The quantitative estimate of drug-likeness (QED) is 0.647. The number of hydrogen-bond donors (Lipinski definition) is 0. The number of esters is 1. The van der Waals surface area contributed by atoms with E-state index in [9.17, 15) is 4.79 Å². The van der Waals surface area contributed by atoms with Gasteiger partial charge in [0.15, 0.2) is 0 Å². The molecule has 1 rings (SSSR count). The third-order valence-electron chi connectivity index (χ3n) is 1.66. The van der Waals surface area contributed by atoms with Gasteiger partial charge in [0.2, 0.25) is 0 Å². The maximum Gasteiger partial charge on any atom is 0.348 e. The molecule has 0 aliphatic rings. The van der Waals surface area contributed by atoms with Gasteiger partial charge in [-0.2, -0.15) is 0 Å². The molecule has 0 atom stereocenters. The first kappa shape index (κ1) is 10.3. The molecule has 1 aromatic heterocycles. The molecule has 0 unspecified atom stereocenters. The van der Waals surface area contributed by atoms with E-state index in [0.29, 0.717) is 4.88 Å². The van der Waals surface area contributed by atoms with E-state index in [1.807, 2.05) is 6.07 Å². The molecule has 71 valence electrons. The molecule has 1 aromatic rings. The summed E-state index contributed by atoms with van der Waals surface area (Å²) in [6.45, 7) is 6.31. The van der Waals surface area contributed by atoms with Gasteiger partial charge in [-0.1, -0.05) is 20.8 Å². The van der Waals surface area contributed by atoms with E-state index in [0.717, 1.165) is 4.88 Å². The Kier molecular flexibility index (Phi) is 2.76. The summed E-state index contributed by atoms with van der Waals surface area (Å²) in [6, 6.07) is 4.77. The van der Waals surface area contributed by atoms with Crippen molar-refractivity contribution in [2.24, 2.45) is 0 Å². The Labute approximate surface area is 82.5 Å². The molecule has 0 spiro atoms. The second kappa shape index (κ2) is 3.50. The maximum absolute atomic E-state index is 11.1. The van der Waals surface area contributed by atoms with Crippen LogP contribution in [0.2, 0.25) is 0 Å². The monoisotopic (exact) mass is 197 g/mol. The first-order valence-corrected chi connectivity index (χ1v) is 4.87. The first-order valence-electron chi connectivity index (χ1n) is 4.05. The molecule has 0 saturated carbocycles. The zero-order valence-electron chi connectivity index (χ0n) is 8.30. The molecular formula is C10H13O2S. The van der Waals surface area contributed by atoms with Gasteiger partial charge in [-0.3, -0.25) is 0 Å². The minimum absolute atomic E-state index is 0.0768. The number of carbonyl (C=O) groups excluding carboxylic acids is 1. The highest BCUT2D eigenvalue weighted by Crippen LogP contribution is 2.29. The molecule has 1 radical (unpaired) electrons. The van der Waals surface area contributed by atoms with Crippen LogP contribution in [0.3, 0.4) is 0 Å². The van der Waals surface area contributed by atoms with E-state index < -0.39 is 0 Å². The van der Waals surface area contributed by atoms with Crippen molar-refractivity contribution >= 4 is 17.3 Å². The van der Waals surface area contributed by atoms with Crippen molar-refractivity contribution < 1.29 is 9.53 Å². The number of thiophene rings is 1. The van der Waals surface area contributed by atoms with Gasteiger partial charge in [-0.05, 0) is 11.5 Å². The zero-order chi connectivity index (χ0) is 10.1. The van der Waals surface area contributed by atoms with Crippen LogP contribution in [-0.2, 0) is 10.2 Å². The van der Waals surface area contributed by atoms with Crippen LogP contribution in [0, 0.1) is 6.07 Å². The lowest BCUT2D eigenvalue weighted by atomic mass is 9.95. The van der Waals surface area contributed by atoms with E-state index in [2.05, 4.69) is 31.6 Å². The highest BCUT2D eigenvalue weighted by Gasteiger charge is 2.18. The van der Waals surface area contributed by atoms with Crippen LogP contribution in [-0.4, -0.2) is 13.1 Å². The van der Waals surface area contributed by atoms with E-state index in [1.165, 1.54) is 18.4 Å². The Morgan fingerprint density at radius 1 is 1.54 bits per heavy atom. The highest BCUT2D eigenvalue weighted by atomic mass is 32.1. The molecule has 0 saturated heterocycles. The predicted octanol–water partition coefficient (Wildman–Crippen LogP) is 2.63. The fraction of sp³-hybridized carbons (Fsp3) is 0.500. The zero-order valence-corrected chi connectivity index (χ0v) is 9.12. The molecule has 1 heterocycles. The molecule has 0 aromatic carbocycles. The minimum atomic E-state index is -0.305. The molecule has 0 bridgehead atoms. The summed E-state index contributed by atoms with van der Waals surface area (Å²) in [4.78, 5) is 12.8. The van der Waals surface area contributed by atoms with Gasteiger partial charge in [0, 0.05) is 10.9 Å². The van der Waals surface area contributed by atoms with E-state index >= 15 is 0 Å². The second-order valence-corrected chi connectivity index (χ2v) is 4.88. The average molecular weight is 197 g/mol. The van der Waals surface area contributed by atoms with Gasteiger partial charge in [0.1, 0.15) is 4.88 Å². The van der Waals surface area contributed by atoms with E-state index in [-0.39, 0.29) is 11.4 Å². The lowest BCUT2D eigenvalue weighted by Crippen LogP contribution is -2.07. The van der Waals surface area contributed by atoms with Crippen molar-refractivity contribution in [1.82, 2.24) is 0 Å². The van der Waals surface area contributed by atoms with Crippen molar-refractivity contribution in [3.63, 3.8) is 0 Å². The smallest absolute Gasteiger partial charge is 0.348 e. The Bertz CT molecular complexity index is 307. The van der Waals surface area contributed by atoms with Gasteiger partial charge < -0.3 is 4.74 Å². The van der Waals surface area contributed by atoms with Crippen LogP contribution >= 0.6 is 11.3 Å². The van der Waals surface area contributed by atoms with Gasteiger partial charge >= 0.3 is 5.97 Å². The Hall–Kier alpha value is -0.830. The molecule has 0 aliphatic carbocycles. The van der Waals surface area contributed by atoms with Crippen LogP contribution in [0.5, 0.6) is 0 Å². The van der Waals surface area contributed by atoms with Crippen molar-refractivity contribution in [2.75, 3.05) is 7.11 Å². The number of hydrogen-bond acceptors (Lipinski definition) is 3. The Balaban J connectivity index is 2.93. The fourth-order valence-electron chi connectivity index (χ4n) is 0.863. The first-order chi connectivity index (χ1) is 5.95. The minimum Gasteiger partial charge on any atom is -0.465 e.